The minimum atomic E-state index is -3.46. The van der Waals surface area contributed by atoms with Crippen molar-refractivity contribution < 1.29 is 8.42 Å². The van der Waals surface area contributed by atoms with Gasteiger partial charge in [0.2, 0.25) is 10.0 Å². The van der Waals surface area contributed by atoms with Crippen LogP contribution in [-0.4, -0.2) is 48.7 Å². The molecule has 2 aromatic rings. The van der Waals surface area contributed by atoms with Gasteiger partial charge in [-0.15, -0.1) is 0 Å². The molecule has 7 heteroatoms. The Morgan fingerprint density at radius 2 is 1.90 bits per heavy atom. The summed E-state index contributed by atoms with van der Waals surface area (Å²) in [6, 6.07) is 9.48. The van der Waals surface area contributed by atoms with E-state index < -0.39 is 10.0 Å². The first-order valence-electron chi connectivity index (χ1n) is 6.99. The van der Waals surface area contributed by atoms with Crippen LogP contribution in [0, 0.1) is 0 Å². The summed E-state index contributed by atoms with van der Waals surface area (Å²) in [5, 5.41) is 7.37. The third kappa shape index (κ3) is 2.99. The van der Waals surface area contributed by atoms with Gasteiger partial charge in [-0.2, -0.15) is 9.40 Å². The van der Waals surface area contributed by atoms with E-state index in [1.807, 2.05) is 30.3 Å². The quantitative estimate of drug-likeness (QED) is 0.913. The van der Waals surface area contributed by atoms with E-state index in [0.717, 1.165) is 18.7 Å². The lowest BCUT2D eigenvalue weighted by atomic mass is 10.3. The molecule has 0 atom stereocenters. The fourth-order valence-corrected chi connectivity index (χ4v) is 3.78. The molecule has 0 aliphatic carbocycles. The number of hydrogen-bond acceptors (Lipinski definition) is 4. The summed E-state index contributed by atoms with van der Waals surface area (Å²) in [6.45, 7) is 2.59. The molecule has 0 unspecified atom stereocenters. The van der Waals surface area contributed by atoms with Crippen molar-refractivity contribution in [3.63, 3.8) is 0 Å². The second-order valence-corrected chi connectivity index (χ2v) is 6.90. The Bertz CT molecular complexity index is 689. The van der Waals surface area contributed by atoms with Crippen LogP contribution < -0.4 is 5.32 Å². The van der Waals surface area contributed by atoms with E-state index in [0.29, 0.717) is 19.6 Å². The van der Waals surface area contributed by atoms with Gasteiger partial charge in [-0.1, -0.05) is 18.2 Å². The molecular weight excluding hydrogens is 288 g/mol. The van der Waals surface area contributed by atoms with Gasteiger partial charge < -0.3 is 5.32 Å². The van der Waals surface area contributed by atoms with Crippen molar-refractivity contribution in [2.45, 2.75) is 11.3 Å². The van der Waals surface area contributed by atoms with Crippen molar-refractivity contribution in [2.75, 3.05) is 26.2 Å². The van der Waals surface area contributed by atoms with Crippen LogP contribution in [0.15, 0.2) is 47.6 Å². The normalized spacial score (nSPS) is 17.5. The van der Waals surface area contributed by atoms with Crippen molar-refractivity contribution in [3.05, 3.63) is 42.7 Å². The molecular formula is C14H18N4O2S. The van der Waals surface area contributed by atoms with Gasteiger partial charge in [-0.05, 0) is 25.1 Å². The zero-order chi connectivity index (χ0) is 14.7. The van der Waals surface area contributed by atoms with Gasteiger partial charge in [0.1, 0.15) is 4.90 Å². The topological polar surface area (TPSA) is 67.2 Å². The molecule has 1 aromatic heterocycles. The standard InChI is InChI=1S/C14H18N4O2S/c19-21(20,17-9-4-7-15-8-10-17)14-11-16-18(12-14)13-5-2-1-3-6-13/h1-3,5-6,11-12,15H,4,7-10H2. The van der Waals surface area contributed by atoms with Crippen molar-refractivity contribution in [2.24, 2.45) is 0 Å². The van der Waals surface area contributed by atoms with Crippen LogP contribution in [0.4, 0.5) is 0 Å². The molecule has 0 radical (unpaired) electrons. The highest BCUT2D eigenvalue weighted by Gasteiger charge is 2.26. The SMILES string of the molecule is O=S(=O)(c1cnn(-c2ccccc2)c1)N1CCCNCC1. The number of rotatable bonds is 3. The highest BCUT2D eigenvalue weighted by molar-refractivity contribution is 7.89. The molecule has 3 rings (SSSR count). The lowest BCUT2D eigenvalue weighted by molar-refractivity contribution is 0.432. The van der Waals surface area contributed by atoms with Crippen molar-refractivity contribution in [1.29, 1.82) is 0 Å². The van der Waals surface area contributed by atoms with Gasteiger partial charge in [0.25, 0.3) is 0 Å². The Kier molecular flexibility index (Phi) is 4.05. The van der Waals surface area contributed by atoms with Crippen LogP contribution in [0.3, 0.4) is 0 Å². The van der Waals surface area contributed by atoms with E-state index in [4.69, 9.17) is 0 Å². The largest absolute Gasteiger partial charge is 0.315 e. The number of nitrogens with one attached hydrogen (secondary N) is 1. The lowest BCUT2D eigenvalue weighted by Gasteiger charge is -2.18. The Morgan fingerprint density at radius 1 is 1.10 bits per heavy atom. The zero-order valence-corrected chi connectivity index (χ0v) is 12.5. The first-order chi connectivity index (χ1) is 10.2. The number of benzene rings is 1. The highest BCUT2D eigenvalue weighted by Crippen LogP contribution is 2.17. The van der Waals surface area contributed by atoms with Gasteiger partial charge in [0, 0.05) is 19.6 Å². The monoisotopic (exact) mass is 306 g/mol. The van der Waals surface area contributed by atoms with Gasteiger partial charge >= 0.3 is 0 Å². The molecule has 1 saturated heterocycles. The van der Waals surface area contributed by atoms with Crippen LogP contribution in [0.1, 0.15) is 6.42 Å². The Balaban J connectivity index is 1.88. The van der Waals surface area contributed by atoms with E-state index in [-0.39, 0.29) is 4.90 Å². The van der Waals surface area contributed by atoms with Gasteiger partial charge in [0.15, 0.2) is 0 Å². The smallest absolute Gasteiger partial charge is 0.246 e. The molecule has 1 aliphatic heterocycles. The van der Waals surface area contributed by atoms with Gasteiger partial charge in [-0.25, -0.2) is 13.1 Å². The molecule has 1 aromatic carbocycles. The van der Waals surface area contributed by atoms with Crippen molar-refractivity contribution >= 4 is 10.0 Å². The molecule has 0 spiro atoms. The number of para-hydroxylation sites is 1. The van der Waals surface area contributed by atoms with E-state index in [1.165, 1.54) is 10.5 Å². The summed E-state index contributed by atoms with van der Waals surface area (Å²) < 4.78 is 28.4. The fraction of sp³-hybridized carbons (Fsp3) is 0.357. The fourth-order valence-electron chi connectivity index (χ4n) is 2.37. The summed E-state index contributed by atoms with van der Waals surface area (Å²) in [7, 11) is -3.46. The maximum Gasteiger partial charge on any atom is 0.246 e. The van der Waals surface area contributed by atoms with Gasteiger partial charge in [0.05, 0.1) is 18.1 Å². The minimum Gasteiger partial charge on any atom is -0.315 e. The average molecular weight is 306 g/mol. The predicted octanol–water partition coefficient (Wildman–Crippen LogP) is 0.856. The molecule has 0 amide bonds. The first-order valence-corrected chi connectivity index (χ1v) is 8.43. The first kappa shape index (κ1) is 14.2. The molecule has 21 heavy (non-hydrogen) atoms. The zero-order valence-electron chi connectivity index (χ0n) is 11.6. The molecule has 112 valence electrons. The third-order valence-electron chi connectivity index (χ3n) is 3.52. The Hall–Kier alpha value is -1.70. The number of hydrogen-bond donors (Lipinski definition) is 1. The maximum absolute atomic E-state index is 12.6. The molecule has 1 N–H and O–H groups in total. The Morgan fingerprint density at radius 3 is 2.71 bits per heavy atom. The molecule has 1 aliphatic rings. The van der Waals surface area contributed by atoms with E-state index in [2.05, 4.69) is 10.4 Å². The predicted molar refractivity (Wildman–Crippen MR) is 79.8 cm³/mol. The summed E-state index contributed by atoms with van der Waals surface area (Å²) in [5.41, 5.74) is 0.844. The van der Waals surface area contributed by atoms with Crippen molar-refractivity contribution in [3.8, 4) is 5.69 Å². The molecule has 6 nitrogen and oxygen atoms in total. The van der Waals surface area contributed by atoms with Crippen LogP contribution in [0.2, 0.25) is 0 Å². The van der Waals surface area contributed by atoms with Crippen LogP contribution >= 0.6 is 0 Å². The highest BCUT2D eigenvalue weighted by atomic mass is 32.2. The molecule has 0 saturated carbocycles. The average Bonchev–Trinajstić information content (AvgIpc) is 2.84. The summed E-state index contributed by atoms with van der Waals surface area (Å²) >= 11 is 0. The summed E-state index contributed by atoms with van der Waals surface area (Å²) in [4.78, 5) is 0.244. The maximum atomic E-state index is 12.6. The second kappa shape index (κ2) is 5.97. The van der Waals surface area contributed by atoms with Crippen molar-refractivity contribution in [1.82, 2.24) is 19.4 Å². The van der Waals surface area contributed by atoms with E-state index >= 15 is 0 Å². The van der Waals surface area contributed by atoms with E-state index in [9.17, 15) is 8.42 Å². The number of sulfonamides is 1. The lowest BCUT2D eigenvalue weighted by Crippen LogP contribution is -2.34. The number of nitrogens with zero attached hydrogens (tertiary/aromatic N) is 3. The minimum absolute atomic E-state index is 0.244. The molecule has 0 bridgehead atoms. The summed E-state index contributed by atoms with van der Waals surface area (Å²) in [6.07, 6.45) is 3.82. The third-order valence-corrected chi connectivity index (χ3v) is 5.37. The van der Waals surface area contributed by atoms with Crippen LogP contribution in [-0.2, 0) is 10.0 Å². The van der Waals surface area contributed by atoms with Crippen LogP contribution in [0.25, 0.3) is 5.69 Å². The molecule has 1 fully saturated rings. The second-order valence-electron chi connectivity index (χ2n) is 4.96. The Labute approximate surface area is 124 Å². The van der Waals surface area contributed by atoms with Crippen LogP contribution in [0.5, 0.6) is 0 Å². The van der Waals surface area contributed by atoms with Gasteiger partial charge in [-0.3, -0.25) is 0 Å². The number of aromatic nitrogens is 2. The summed E-state index contributed by atoms with van der Waals surface area (Å²) in [5.74, 6) is 0. The van der Waals surface area contributed by atoms with E-state index in [1.54, 1.807) is 10.9 Å². The molecule has 2 heterocycles.